The molecule has 1 fully saturated rings. The lowest BCUT2D eigenvalue weighted by molar-refractivity contribution is -0.129. The van der Waals surface area contributed by atoms with E-state index in [1.165, 1.54) is 5.56 Å². The third kappa shape index (κ3) is 2.13. The zero-order chi connectivity index (χ0) is 11.8. The van der Waals surface area contributed by atoms with Gasteiger partial charge in [0.15, 0.2) is 0 Å². The molecule has 1 unspecified atom stereocenters. The Morgan fingerprint density at radius 1 is 1.53 bits per heavy atom. The van der Waals surface area contributed by atoms with E-state index in [1.807, 2.05) is 17.0 Å². The van der Waals surface area contributed by atoms with Crippen molar-refractivity contribution in [2.45, 2.75) is 26.1 Å². The fraction of sp³-hybridized carbons (Fsp3) is 0.462. The van der Waals surface area contributed by atoms with Crippen molar-refractivity contribution >= 4 is 5.91 Å². The number of amides is 1. The summed E-state index contributed by atoms with van der Waals surface area (Å²) in [6.45, 7) is 4.36. The molecule has 0 aromatic heterocycles. The van der Waals surface area contributed by atoms with E-state index in [0.29, 0.717) is 19.7 Å². The molecule has 17 heavy (non-hydrogen) atoms. The quantitative estimate of drug-likeness (QED) is 0.739. The van der Waals surface area contributed by atoms with Gasteiger partial charge in [0.25, 0.3) is 0 Å². The van der Waals surface area contributed by atoms with Crippen LogP contribution >= 0.6 is 0 Å². The van der Waals surface area contributed by atoms with Crippen molar-refractivity contribution in [1.82, 2.24) is 4.90 Å². The molecule has 0 spiro atoms. The molecule has 4 heteroatoms. The van der Waals surface area contributed by atoms with Gasteiger partial charge in [0.2, 0.25) is 5.91 Å². The Labute approximate surface area is 100 Å². The van der Waals surface area contributed by atoms with Crippen molar-refractivity contribution in [3.63, 3.8) is 0 Å². The Morgan fingerprint density at radius 3 is 3.06 bits per heavy atom. The maximum Gasteiger partial charge on any atom is 0.220 e. The first-order valence-corrected chi connectivity index (χ1v) is 5.84. The summed E-state index contributed by atoms with van der Waals surface area (Å²) < 4.78 is 10.9. The smallest absolute Gasteiger partial charge is 0.220 e. The fourth-order valence-corrected chi connectivity index (χ4v) is 2.10. The average molecular weight is 233 g/mol. The Morgan fingerprint density at radius 2 is 2.35 bits per heavy atom. The molecule has 0 saturated carbocycles. The molecule has 4 nitrogen and oxygen atoms in total. The highest BCUT2D eigenvalue weighted by Gasteiger charge is 2.26. The summed E-state index contributed by atoms with van der Waals surface area (Å²) in [6, 6.07) is 6.00. The fourth-order valence-electron chi connectivity index (χ4n) is 2.10. The average Bonchev–Trinajstić information content (AvgIpc) is 3.02. The third-order valence-electron chi connectivity index (χ3n) is 3.21. The number of epoxide rings is 1. The zero-order valence-electron chi connectivity index (χ0n) is 9.81. The van der Waals surface area contributed by atoms with Crippen LogP contribution in [0.2, 0.25) is 0 Å². The second-order valence-corrected chi connectivity index (χ2v) is 4.54. The number of carbonyl (C=O) groups is 1. The lowest BCUT2D eigenvalue weighted by atomic mass is 10.1. The van der Waals surface area contributed by atoms with Crippen molar-refractivity contribution in [1.29, 1.82) is 0 Å². The topological polar surface area (TPSA) is 42.1 Å². The van der Waals surface area contributed by atoms with E-state index in [1.54, 1.807) is 6.92 Å². The summed E-state index contributed by atoms with van der Waals surface area (Å²) in [5.41, 5.74) is 2.33. The minimum absolute atomic E-state index is 0.109. The first kappa shape index (κ1) is 10.6. The van der Waals surface area contributed by atoms with Crippen LogP contribution in [0.25, 0.3) is 0 Å². The predicted molar refractivity (Wildman–Crippen MR) is 61.6 cm³/mol. The first-order valence-electron chi connectivity index (χ1n) is 5.84. The van der Waals surface area contributed by atoms with Crippen LogP contribution in [0.3, 0.4) is 0 Å². The SMILES string of the molecule is CC(=O)N1Cc2cccc(OCC3CO3)c2C1. The molecule has 0 N–H and O–H groups in total. The van der Waals surface area contributed by atoms with E-state index < -0.39 is 0 Å². The van der Waals surface area contributed by atoms with Crippen LogP contribution in [-0.4, -0.2) is 30.1 Å². The number of nitrogens with zero attached hydrogens (tertiary/aromatic N) is 1. The summed E-state index contributed by atoms with van der Waals surface area (Å²) in [5, 5.41) is 0. The summed E-state index contributed by atoms with van der Waals surface area (Å²) in [7, 11) is 0. The van der Waals surface area contributed by atoms with E-state index in [4.69, 9.17) is 9.47 Å². The van der Waals surface area contributed by atoms with Crippen molar-refractivity contribution < 1.29 is 14.3 Å². The van der Waals surface area contributed by atoms with Crippen molar-refractivity contribution in [3.8, 4) is 5.75 Å². The molecule has 3 rings (SSSR count). The monoisotopic (exact) mass is 233 g/mol. The lowest BCUT2D eigenvalue weighted by Gasteiger charge is -2.12. The molecule has 90 valence electrons. The van der Waals surface area contributed by atoms with Gasteiger partial charge in [-0.25, -0.2) is 0 Å². The number of ether oxygens (including phenoxy) is 2. The van der Waals surface area contributed by atoms with Crippen LogP contribution in [0, 0.1) is 0 Å². The normalized spacial score (nSPS) is 21.2. The predicted octanol–water partition coefficient (Wildman–Crippen LogP) is 1.33. The number of rotatable bonds is 3. The number of fused-ring (bicyclic) bond motifs is 1. The van der Waals surface area contributed by atoms with E-state index in [-0.39, 0.29) is 12.0 Å². The molecule has 1 atom stereocenters. The van der Waals surface area contributed by atoms with Gasteiger partial charge in [-0.15, -0.1) is 0 Å². The standard InChI is InChI=1S/C13H15NO3/c1-9(15)14-5-10-3-2-4-13(12(10)6-14)17-8-11-7-16-11/h2-4,11H,5-8H2,1H3. The highest BCUT2D eigenvalue weighted by atomic mass is 16.6. The molecule has 0 aliphatic carbocycles. The molecule has 0 bridgehead atoms. The van der Waals surface area contributed by atoms with E-state index in [0.717, 1.165) is 17.9 Å². The molecule has 0 radical (unpaired) electrons. The van der Waals surface area contributed by atoms with Crippen molar-refractivity contribution in [2.24, 2.45) is 0 Å². The second-order valence-electron chi connectivity index (χ2n) is 4.54. The van der Waals surface area contributed by atoms with Crippen LogP contribution in [0.4, 0.5) is 0 Å². The summed E-state index contributed by atoms with van der Waals surface area (Å²) in [4.78, 5) is 13.2. The van der Waals surface area contributed by atoms with Crippen LogP contribution in [0.5, 0.6) is 5.75 Å². The highest BCUT2D eigenvalue weighted by molar-refractivity contribution is 5.74. The highest BCUT2D eigenvalue weighted by Crippen LogP contribution is 2.31. The molecular weight excluding hydrogens is 218 g/mol. The lowest BCUT2D eigenvalue weighted by Crippen LogP contribution is -2.21. The zero-order valence-corrected chi connectivity index (χ0v) is 9.81. The van der Waals surface area contributed by atoms with Gasteiger partial charge in [-0.3, -0.25) is 4.79 Å². The molecule has 2 aliphatic rings. The Bertz CT molecular complexity index is 454. The number of hydrogen-bond acceptors (Lipinski definition) is 3. The van der Waals surface area contributed by atoms with E-state index in [2.05, 4.69) is 6.07 Å². The largest absolute Gasteiger partial charge is 0.490 e. The maximum absolute atomic E-state index is 11.4. The number of benzene rings is 1. The van der Waals surface area contributed by atoms with Gasteiger partial charge < -0.3 is 14.4 Å². The molecular formula is C13H15NO3. The van der Waals surface area contributed by atoms with E-state index >= 15 is 0 Å². The van der Waals surface area contributed by atoms with Gasteiger partial charge in [0, 0.05) is 25.6 Å². The van der Waals surface area contributed by atoms with Gasteiger partial charge in [-0.05, 0) is 11.6 Å². The van der Waals surface area contributed by atoms with Crippen LogP contribution in [0.1, 0.15) is 18.1 Å². The minimum Gasteiger partial charge on any atom is -0.490 e. The van der Waals surface area contributed by atoms with Gasteiger partial charge in [0.05, 0.1) is 6.61 Å². The molecule has 1 saturated heterocycles. The van der Waals surface area contributed by atoms with Gasteiger partial charge in [0.1, 0.15) is 18.5 Å². The number of carbonyl (C=O) groups excluding carboxylic acids is 1. The Balaban J connectivity index is 1.77. The van der Waals surface area contributed by atoms with Crippen molar-refractivity contribution in [2.75, 3.05) is 13.2 Å². The van der Waals surface area contributed by atoms with Crippen LogP contribution < -0.4 is 4.74 Å². The molecule has 1 aromatic rings. The summed E-state index contributed by atoms with van der Waals surface area (Å²) in [5.74, 6) is 0.999. The Hall–Kier alpha value is -1.55. The van der Waals surface area contributed by atoms with Crippen molar-refractivity contribution in [3.05, 3.63) is 29.3 Å². The minimum atomic E-state index is 0.109. The molecule has 2 heterocycles. The molecule has 2 aliphatic heterocycles. The Kier molecular flexibility index (Phi) is 2.52. The van der Waals surface area contributed by atoms with Gasteiger partial charge >= 0.3 is 0 Å². The number of hydrogen-bond donors (Lipinski definition) is 0. The van der Waals surface area contributed by atoms with E-state index in [9.17, 15) is 4.79 Å². The molecule has 1 amide bonds. The van der Waals surface area contributed by atoms with Gasteiger partial charge in [-0.2, -0.15) is 0 Å². The first-order chi connectivity index (χ1) is 8.24. The maximum atomic E-state index is 11.4. The summed E-state index contributed by atoms with van der Waals surface area (Å²) >= 11 is 0. The van der Waals surface area contributed by atoms with Crippen LogP contribution in [0.15, 0.2) is 18.2 Å². The second kappa shape index (κ2) is 4.04. The van der Waals surface area contributed by atoms with Gasteiger partial charge in [-0.1, -0.05) is 12.1 Å². The van der Waals surface area contributed by atoms with Crippen LogP contribution in [-0.2, 0) is 22.6 Å². The molecule has 1 aromatic carbocycles. The third-order valence-corrected chi connectivity index (χ3v) is 3.21. The summed E-state index contributed by atoms with van der Waals surface area (Å²) in [6.07, 6.45) is 0.260.